The summed E-state index contributed by atoms with van der Waals surface area (Å²) in [6.07, 6.45) is 7.49. The molecule has 2 bridgehead atoms. The minimum absolute atomic E-state index is 0.0394. The minimum Gasteiger partial charge on any atom is -0.489 e. The van der Waals surface area contributed by atoms with Gasteiger partial charge in [0.25, 0.3) is 0 Å². The van der Waals surface area contributed by atoms with E-state index in [1.54, 1.807) is 48.6 Å². The zero-order valence-electron chi connectivity index (χ0n) is 20.5. The van der Waals surface area contributed by atoms with Crippen LogP contribution in [0.2, 0.25) is 5.02 Å². The topological polar surface area (TPSA) is 137 Å². The number of carboxylic acid groups (broad SMARTS) is 1. The molecule has 9 nitrogen and oxygen atoms in total. The fourth-order valence-electron chi connectivity index (χ4n) is 5.09. The molecule has 4 rings (SSSR count). The van der Waals surface area contributed by atoms with E-state index in [1.807, 2.05) is 0 Å². The van der Waals surface area contributed by atoms with Crippen molar-refractivity contribution < 1.29 is 23.1 Å². The standard InChI is InChI=1S/C26H31ClN4O5S/c1-30-19-7-8-20(30)14-22(13-19)36-24-10-9-21(15-23(24)27)31(37(34,35)16-25(32)33)11-3-5-17-4-2-6-18(12-17)26(28)29/h2-6,9-10,12,15,19-20,22H,7-8,11,13-14,16H2,1H3,(H3,28,29)(H,32,33)/b5-3+/t19-,20+,22?. The number of hydrogen-bond donors (Lipinski definition) is 3. The number of aliphatic carboxylic acids is 1. The molecule has 2 saturated heterocycles. The van der Waals surface area contributed by atoms with Gasteiger partial charge >= 0.3 is 5.97 Å². The lowest BCUT2D eigenvalue weighted by Gasteiger charge is -2.36. The Morgan fingerprint density at radius 2 is 1.95 bits per heavy atom. The maximum absolute atomic E-state index is 12.9. The number of rotatable bonds is 10. The van der Waals surface area contributed by atoms with E-state index < -0.39 is 21.7 Å². The second-order valence-electron chi connectivity index (χ2n) is 9.50. The number of carboxylic acids is 1. The average molecular weight is 547 g/mol. The highest BCUT2D eigenvalue weighted by molar-refractivity contribution is 7.93. The van der Waals surface area contributed by atoms with Gasteiger partial charge in [0.15, 0.2) is 5.75 Å². The van der Waals surface area contributed by atoms with Crippen molar-refractivity contribution in [2.45, 2.75) is 43.9 Å². The molecule has 2 fully saturated rings. The van der Waals surface area contributed by atoms with Crippen molar-refractivity contribution in [3.63, 3.8) is 0 Å². The molecule has 2 aliphatic rings. The van der Waals surface area contributed by atoms with Crippen LogP contribution in [0.3, 0.4) is 0 Å². The summed E-state index contributed by atoms with van der Waals surface area (Å²) in [5.74, 6) is -2.11. The Balaban J connectivity index is 1.54. The molecular formula is C26H31ClN4O5S. The third-order valence-corrected chi connectivity index (χ3v) is 8.91. The Morgan fingerprint density at radius 1 is 1.24 bits per heavy atom. The molecule has 2 heterocycles. The van der Waals surface area contributed by atoms with Gasteiger partial charge in [-0.1, -0.05) is 42.0 Å². The second-order valence-corrected chi connectivity index (χ2v) is 11.8. The highest BCUT2D eigenvalue weighted by Gasteiger charge is 2.39. The number of nitrogens with two attached hydrogens (primary N) is 1. The van der Waals surface area contributed by atoms with Crippen LogP contribution in [0.25, 0.3) is 6.08 Å². The first-order valence-electron chi connectivity index (χ1n) is 12.0. The van der Waals surface area contributed by atoms with Crippen molar-refractivity contribution >= 4 is 45.2 Å². The number of halogens is 1. The molecule has 2 aromatic rings. The van der Waals surface area contributed by atoms with Gasteiger partial charge in [0.2, 0.25) is 10.0 Å². The van der Waals surface area contributed by atoms with Gasteiger partial charge in [-0.25, -0.2) is 8.42 Å². The summed E-state index contributed by atoms with van der Waals surface area (Å²) in [7, 11) is -2.04. The van der Waals surface area contributed by atoms with Crippen LogP contribution < -0.4 is 14.8 Å². The maximum atomic E-state index is 12.9. The van der Waals surface area contributed by atoms with Crippen LogP contribution in [0, 0.1) is 5.41 Å². The summed E-state index contributed by atoms with van der Waals surface area (Å²) in [5.41, 5.74) is 7.04. The number of hydrogen-bond acceptors (Lipinski definition) is 6. The van der Waals surface area contributed by atoms with Crippen LogP contribution in [0.1, 0.15) is 36.8 Å². The number of nitrogen functional groups attached to an aromatic ring is 1. The first kappa shape index (κ1) is 27.0. The fraction of sp³-hybridized carbons (Fsp3) is 0.385. The molecule has 2 aliphatic heterocycles. The van der Waals surface area contributed by atoms with E-state index in [4.69, 9.17) is 27.5 Å². The molecule has 0 amide bonds. The number of ether oxygens (including phenoxy) is 1. The maximum Gasteiger partial charge on any atom is 0.320 e. The van der Waals surface area contributed by atoms with Crippen LogP contribution >= 0.6 is 11.6 Å². The molecule has 0 aliphatic carbocycles. The predicted octanol–water partition coefficient (Wildman–Crippen LogP) is 3.56. The highest BCUT2D eigenvalue weighted by atomic mass is 35.5. The highest BCUT2D eigenvalue weighted by Crippen LogP contribution is 2.38. The molecule has 0 aromatic heterocycles. The third kappa shape index (κ3) is 6.44. The summed E-state index contributed by atoms with van der Waals surface area (Å²) in [4.78, 5) is 13.7. The predicted molar refractivity (Wildman–Crippen MR) is 145 cm³/mol. The fourth-order valence-corrected chi connectivity index (χ4v) is 6.52. The molecule has 1 unspecified atom stereocenters. The molecule has 4 N–H and O–H groups in total. The van der Waals surface area contributed by atoms with E-state index in [1.165, 1.54) is 6.07 Å². The third-order valence-electron chi connectivity index (χ3n) is 6.97. The monoisotopic (exact) mass is 546 g/mol. The lowest BCUT2D eigenvalue weighted by Crippen LogP contribution is -2.43. The Hall–Kier alpha value is -3.08. The van der Waals surface area contributed by atoms with Crippen LogP contribution in [0.15, 0.2) is 48.5 Å². The first-order valence-corrected chi connectivity index (χ1v) is 14.0. The summed E-state index contributed by atoms with van der Waals surface area (Å²) < 4.78 is 33.1. The molecule has 3 atom stereocenters. The average Bonchev–Trinajstić information content (AvgIpc) is 3.02. The lowest BCUT2D eigenvalue weighted by atomic mass is 10.0. The molecule has 0 radical (unpaired) electrons. The number of carbonyl (C=O) groups is 1. The quantitative estimate of drug-likeness (QED) is 0.306. The SMILES string of the molecule is CN1[C@@H]2CC[C@H]1CC(Oc1ccc(N(C/C=C/c3cccc(C(=N)N)c3)S(=O)(=O)CC(=O)O)cc1Cl)C2. The van der Waals surface area contributed by atoms with Gasteiger partial charge < -0.3 is 20.5 Å². The number of amidine groups is 1. The minimum atomic E-state index is -4.20. The van der Waals surface area contributed by atoms with Crippen molar-refractivity contribution in [3.05, 3.63) is 64.7 Å². The van der Waals surface area contributed by atoms with E-state index >= 15 is 0 Å². The van der Waals surface area contributed by atoms with E-state index in [2.05, 4.69) is 11.9 Å². The summed E-state index contributed by atoms with van der Waals surface area (Å²) >= 11 is 6.52. The first-order chi connectivity index (χ1) is 17.5. The number of benzene rings is 2. The number of anilines is 1. The Labute approximate surface area is 222 Å². The van der Waals surface area contributed by atoms with Gasteiger partial charge in [-0.05, 0) is 62.6 Å². The molecule has 37 heavy (non-hydrogen) atoms. The summed E-state index contributed by atoms with van der Waals surface area (Å²) in [6, 6.07) is 12.6. The summed E-state index contributed by atoms with van der Waals surface area (Å²) in [5, 5.41) is 17.0. The van der Waals surface area contributed by atoms with Crippen molar-refractivity contribution in [1.29, 1.82) is 5.41 Å². The Bertz CT molecular complexity index is 1300. The van der Waals surface area contributed by atoms with Crippen molar-refractivity contribution in [2.24, 2.45) is 5.73 Å². The zero-order valence-corrected chi connectivity index (χ0v) is 22.1. The van der Waals surface area contributed by atoms with Gasteiger partial charge in [-0.2, -0.15) is 0 Å². The van der Waals surface area contributed by atoms with Crippen LogP contribution in [0.4, 0.5) is 5.69 Å². The number of fused-ring (bicyclic) bond motifs is 2. The van der Waals surface area contributed by atoms with E-state index in [0.29, 0.717) is 23.4 Å². The molecule has 2 aromatic carbocycles. The number of nitrogens with one attached hydrogen (secondary N) is 1. The van der Waals surface area contributed by atoms with Crippen molar-refractivity contribution in [2.75, 3.05) is 23.7 Å². The Morgan fingerprint density at radius 3 is 2.57 bits per heavy atom. The van der Waals surface area contributed by atoms with Crippen LogP contribution in [0.5, 0.6) is 5.75 Å². The second kappa shape index (κ2) is 11.1. The van der Waals surface area contributed by atoms with E-state index in [9.17, 15) is 18.3 Å². The van der Waals surface area contributed by atoms with Crippen LogP contribution in [-0.4, -0.2) is 67.8 Å². The lowest BCUT2D eigenvalue weighted by molar-refractivity contribution is -0.134. The molecule has 11 heteroatoms. The van der Waals surface area contributed by atoms with Gasteiger partial charge in [-0.15, -0.1) is 0 Å². The van der Waals surface area contributed by atoms with Gasteiger partial charge in [0.1, 0.15) is 17.7 Å². The van der Waals surface area contributed by atoms with E-state index in [-0.39, 0.29) is 29.2 Å². The smallest absolute Gasteiger partial charge is 0.320 e. The van der Waals surface area contributed by atoms with Crippen LogP contribution in [-0.2, 0) is 14.8 Å². The Kier molecular flexibility index (Phi) is 8.11. The number of piperidine rings is 1. The van der Waals surface area contributed by atoms with Gasteiger partial charge in [0.05, 0.1) is 17.3 Å². The molecule has 0 spiro atoms. The molecular weight excluding hydrogens is 516 g/mol. The molecule has 198 valence electrons. The number of nitrogens with zero attached hydrogens (tertiary/aromatic N) is 2. The molecule has 0 saturated carbocycles. The van der Waals surface area contributed by atoms with Crippen molar-refractivity contribution in [3.8, 4) is 5.75 Å². The largest absolute Gasteiger partial charge is 0.489 e. The normalized spacial score (nSPS) is 21.7. The van der Waals surface area contributed by atoms with Gasteiger partial charge in [-0.3, -0.25) is 14.5 Å². The summed E-state index contributed by atoms with van der Waals surface area (Å²) in [6.45, 7) is -0.116. The number of sulfonamides is 1. The van der Waals surface area contributed by atoms with Gasteiger partial charge in [0, 0.05) is 17.6 Å². The van der Waals surface area contributed by atoms with Crippen molar-refractivity contribution in [1.82, 2.24) is 4.90 Å². The van der Waals surface area contributed by atoms with E-state index in [0.717, 1.165) is 35.6 Å². The zero-order chi connectivity index (χ0) is 26.7.